The lowest BCUT2D eigenvalue weighted by Crippen LogP contribution is -2.55. The second-order valence-corrected chi connectivity index (χ2v) is 14.2. The molecule has 0 aromatic carbocycles. The van der Waals surface area contributed by atoms with Crippen molar-refractivity contribution in [1.82, 2.24) is 0 Å². The molecule has 0 bridgehead atoms. The van der Waals surface area contributed by atoms with Crippen LogP contribution in [0.4, 0.5) is 0 Å². The predicted molar refractivity (Wildman–Crippen MR) is 126 cm³/mol. The summed E-state index contributed by atoms with van der Waals surface area (Å²) in [6.45, 7) is 16.7. The molecule has 2 nitrogen and oxygen atoms in total. The van der Waals surface area contributed by atoms with Gasteiger partial charge in [0.2, 0.25) is 0 Å². The zero-order valence-electron chi connectivity index (χ0n) is 21.3. The van der Waals surface area contributed by atoms with Gasteiger partial charge in [-0.1, -0.05) is 67.7 Å². The van der Waals surface area contributed by atoms with Crippen LogP contribution in [0.2, 0.25) is 0 Å². The van der Waals surface area contributed by atoms with Crippen molar-refractivity contribution in [2.24, 2.45) is 63.1 Å². The fourth-order valence-electron chi connectivity index (χ4n) is 11.1. The Morgan fingerprint density at radius 2 is 1.71 bits per heavy atom. The van der Waals surface area contributed by atoms with Crippen LogP contribution in [0.5, 0.6) is 0 Å². The number of aliphatic hydroxyl groups is 1. The average molecular weight is 429 g/mol. The van der Waals surface area contributed by atoms with E-state index < -0.39 is 0 Å². The zero-order chi connectivity index (χ0) is 22.6. The number of hydrogen-bond acceptors (Lipinski definition) is 2. The van der Waals surface area contributed by atoms with Crippen LogP contribution >= 0.6 is 0 Å². The van der Waals surface area contributed by atoms with E-state index in [1.807, 2.05) is 0 Å². The monoisotopic (exact) mass is 428 g/mol. The maximum Gasteiger partial charge on any atom is 0.139 e. The van der Waals surface area contributed by atoms with E-state index >= 15 is 0 Å². The molecule has 0 aliphatic heterocycles. The van der Waals surface area contributed by atoms with Crippen molar-refractivity contribution in [2.45, 2.75) is 112 Å². The summed E-state index contributed by atoms with van der Waals surface area (Å²) in [6.07, 6.45) is 10.9. The van der Waals surface area contributed by atoms with Crippen molar-refractivity contribution in [3.05, 3.63) is 0 Å². The van der Waals surface area contributed by atoms with Crippen LogP contribution in [0, 0.1) is 63.1 Å². The molecule has 2 heteroatoms. The highest BCUT2D eigenvalue weighted by atomic mass is 16.3. The molecule has 10 atom stereocenters. The summed E-state index contributed by atoms with van der Waals surface area (Å²) in [7, 11) is 0. The second-order valence-electron chi connectivity index (χ2n) is 14.2. The Labute approximate surface area is 191 Å². The van der Waals surface area contributed by atoms with Crippen molar-refractivity contribution in [2.75, 3.05) is 0 Å². The number of ketones is 1. The summed E-state index contributed by atoms with van der Waals surface area (Å²) in [5, 5.41) is 11.7. The van der Waals surface area contributed by atoms with Crippen molar-refractivity contribution >= 4 is 5.78 Å². The Morgan fingerprint density at radius 1 is 1.00 bits per heavy atom. The van der Waals surface area contributed by atoms with Crippen molar-refractivity contribution in [1.29, 1.82) is 0 Å². The summed E-state index contributed by atoms with van der Waals surface area (Å²) in [5.74, 6) is 5.23. The molecule has 31 heavy (non-hydrogen) atoms. The fourth-order valence-corrected chi connectivity index (χ4v) is 11.1. The maximum atomic E-state index is 12.8. The molecule has 1 N–H and O–H groups in total. The van der Waals surface area contributed by atoms with E-state index in [9.17, 15) is 9.90 Å². The van der Waals surface area contributed by atoms with Crippen LogP contribution in [0.25, 0.3) is 0 Å². The summed E-state index contributed by atoms with van der Waals surface area (Å²) < 4.78 is 0. The van der Waals surface area contributed by atoms with E-state index in [4.69, 9.17) is 0 Å². The van der Waals surface area contributed by atoms with Crippen molar-refractivity contribution < 1.29 is 9.90 Å². The lowest BCUT2D eigenvalue weighted by molar-refractivity contribution is -0.149. The first-order valence-corrected chi connectivity index (χ1v) is 13.6. The number of Topliss-reactive ketones (excluding diaryl/α,β-unsaturated/α-hetero) is 1. The molecule has 0 unspecified atom stereocenters. The SMILES string of the molecule is CC(C)CCC[C@@H](C)[C@H]1CC[C@H]2[C@@H]3[C@@H](O)C[C@@]45[C@@H](CC(=O)C4(C)C)[C@]5(C)[C@H]3CC[C@]12C. The quantitative estimate of drug-likeness (QED) is 0.517. The topological polar surface area (TPSA) is 37.3 Å². The number of rotatable bonds is 5. The largest absolute Gasteiger partial charge is 0.393 e. The molecule has 5 saturated carbocycles. The van der Waals surface area contributed by atoms with Gasteiger partial charge in [0.25, 0.3) is 0 Å². The molecule has 5 fully saturated rings. The van der Waals surface area contributed by atoms with Crippen LogP contribution in [-0.4, -0.2) is 17.0 Å². The minimum atomic E-state index is -0.248. The zero-order valence-corrected chi connectivity index (χ0v) is 21.3. The molecule has 0 aromatic heterocycles. The molecule has 0 radical (unpaired) electrons. The lowest BCUT2D eigenvalue weighted by atomic mass is 9.47. The highest BCUT2D eigenvalue weighted by molar-refractivity contribution is 5.90. The highest BCUT2D eigenvalue weighted by Crippen LogP contribution is 2.89. The van der Waals surface area contributed by atoms with Gasteiger partial charge >= 0.3 is 0 Å². The number of hydrogen-bond donors (Lipinski definition) is 1. The van der Waals surface area contributed by atoms with Crippen LogP contribution < -0.4 is 0 Å². The predicted octanol–water partition coefficient (Wildman–Crippen LogP) is 6.89. The van der Waals surface area contributed by atoms with E-state index in [0.717, 1.165) is 30.6 Å². The molecule has 5 aliphatic rings. The molecule has 0 aromatic rings. The van der Waals surface area contributed by atoms with Crippen molar-refractivity contribution in [3.63, 3.8) is 0 Å². The molecule has 5 rings (SSSR count). The Bertz CT molecular complexity index is 754. The van der Waals surface area contributed by atoms with Gasteiger partial charge in [-0.25, -0.2) is 0 Å². The fraction of sp³-hybridized carbons (Fsp3) is 0.966. The Kier molecular flexibility index (Phi) is 4.94. The van der Waals surface area contributed by atoms with Crippen LogP contribution in [-0.2, 0) is 4.79 Å². The first kappa shape index (κ1) is 22.4. The number of aliphatic hydroxyl groups excluding tert-OH is 1. The van der Waals surface area contributed by atoms with Gasteiger partial charge < -0.3 is 5.11 Å². The molecular formula is C29H48O2. The van der Waals surface area contributed by atoms with Crippen LogP contribution in [0.1, 0.15) is 106 Å². The van der Waals surface area contributed by atoms with E-state index in [2.05, 4.69) is 48.5 Å². The van der Waals surface area contributed by atoms with E-state index in [1.165, 1.54) is 44.9 Å². The minimum Gasteiger partial charge on any atom is -0.393 e. The first-order valence-electron chi connectivity index (χ1n) is 13.6. The number of carbonyl (C=O) groups excluding carboxylic acids is 1. The molecule has 0 heterocycles. The van der Waals surface area contributed by atoms with Crippen LogP contribution in [0.3, 0.4) is 0 Å². The second kappa shape index (κ2) is 6.83. The normalized spacial score (nSPS) is 53.0. The van der Waals surface area contributed by atoms with Gasteiger partial charge in [0, 0.05) is 11.8 Å². The lowest BCUT2D eigenvalue weighted by Gasteiger charge is -2.57. The molecule has 1 spiro atoms. The number of carbonyl (C=O) groups is 1. The smallest absolute Gasteiger partial charge is 0.139 e. The Morgan fingerprint density at radius 3 is 2.39 bits per heavy atom. The number of fused-ring (bicyclic) bond motifs is 5. The van der Waals surface area contributed by atoms with E-state index in [-0.39, 0.29) is 22.3 Å². The van der Waals surface area contributed by atoms with Gasteiger partial charge in [-0.2, -0.15) is 0 Å². The summed E-state index contributed by atoms with van der Waals surface area (Å²) in [6, 6.07) is 0. The van der Waals surface area contributed by atoms with Crippen molar-refractivity contribution in [3.8, 4) is 0 Å². The van der Waals surface area contributed by atoms with Gasteiger partial charge in [-0.05, 0) is 89.8 Å². The minimum absolute atomic E-state index is 0.0769. The third-order valence-corrected chi connectivity index (χ3v) is 12.7. The first-order chi connectivity index (χ1) is 14.4. The third kappa shape index (κ3) is 2.58. The Balaban J connectivity index is 1.38. The maximum absolute atomic E-state index is 12.8. The van der Waals surface area contributed by atoms with Gasteiger partial charge in [0.05, 0.1) is 6.10 Å². The summed E-state index contributed by atoms with van der Waals surface area (Å²) in [4.78, 5) is 12.8. The standard InChI is InChI=1S/C29H48O2/c1-17(2)9-8-10-18(3)19-11-12-20-25-21(13-14-27(19,20)6)28(7)23-15-24(31)26(4,5)29(23,28)16-22(25)30/h17-23,25,30H,8-16H2,1-7H3/t18-,19-,20+,21+,22+,23+,25+,27-,28+,29-/m1/s1. The van der Waals surface area contributed by atoms with E-state index in [1.54, 1.807) is 0 Å². The van der Waals surface area contributed by atoms with Gasteiger partial charge in [-0.15, -0.1) is 0 Å². The summed E-state index contributed by atoms with van der Waals surface area (Å²) >= 11 is 0. The highest BCUT2D eigenvalue weighted by Gasteiger charge is 2.88. The third-order valence-electron chi connectivity index (χ3n) is 12.7. The molecular weight excluding hydrogens is 380 g/mol. The van der Waals surface area contributed by atoms with Gasteiger partial charge in [-0.3, -0.25) is 4.79 Å². The van der Waals surface area contributed by atoms with Gasteiger partial charge in [0.15, 0.2) is 0 Å². The van der Waals surface area contributed by atoms with Crippen LogP contribution in [0.15, 0.2) is 0 Å². The van der Waals surface area contributed by atoms with Gasteiger partial charge in [0.1, 0.15) is 5.78 Å². The Hall–Kier alpha value is -0.370. The summed E-state index contributed by atoms with van der Waals surface area (Å²) in [5.41, 5.74) is 0.530. The molecule has 0 amide bonds. The molecule has 176 valence electrons. The molecule has 0 saturated heterocycles. The molecule has 5 aliphatic carbocycles. The average Bonchev–Trinajstić information content (AvgIpc) is 2.93. The van der Waals surface area contributed by atoms with E-state index in [0.29, 0.717) is 34.9 Å².